The molecule has 3 rings (SSSR count). The van der Waals surface area contributed by atoms with E-state index < -0.39 is 0 Å². The summed E-state index contributed by atoms with van der Waals surface area (Å²) >= 11 is 0. The van der Waals surface area contributed by atoms with Crippen LogP contribution in [0.1, 0.15) is 37.4 Å². The van der Waals surface area contributed by atoms with E-state index in [1.807, 2.05) is 12.1 Å². The summed E-state index contributed by atoms with van der Waals surface area (Å²) in [6.07, 6.45) is 2.28. The second-order valence-corrected chi connectivity index (χ2v) is 5.68. The van der Waals surface area contributed by atoms with Crippen LogP contribution in [0.2, 0.25) is 0 Å². The van der Waals surface area contributed by atoms with Gasteiger partial charge in [0.1, 0.15) is 5.75 Å². The van der Waals surface area contributed by atoms with Crippen molar-refractivity contribution < 1.29 is 4.74 Å². The Bertz CT molecular complexity index is 619. The first-order valence-electron chi connectivity index (χ1n) is 7.30. The van der Waals surface area contributed by atoms with Gasteiger partial charge >= 0.3 is 0 Å². The Morgan fingerprint density at radius 2 is 1.80 bits per heavy atom. The average Bonchev–Trinajstić information content (AvgIpc) is 2.81. The number of hydrogen-bond acceptors (Lipinski definition) is 2. The number of ether oxygens (including phenoxy) is 1. The highest BCUT2D eigenvalue weighted by Crippen LogP contribution is 2.39. The van der Waals surface area contributed by atoms with E-state index in [9.17, 15) is 0 Å². The summed E-state index contributed by atoms with van der Waals surface area (Å²) in [6.45, 7) is 4.12. The molecule has 104 valence electrons. The molecule has 2 heteroatoms. The molecular formula is C18H21NO. The molecule has 0 bridgehead atoms. The first kappa shape index (κ1) is 13.2. The highest BCUT2D eigenvalue weighted by Gasteiger charge is 2.22. The van der Waals surface area contributed by atoms with E-state index in [1.165, 1.54) is 22.3 Å². The van der Waals surface area contributed by atoms with E-state index in [4.69, 9.17) is 10.5 Å². The molecule has 1 unspecified atom stereocenters. The van der Waals surface area contributed by atoms with Gasteiger partial charge in [0.15, 0.2) is 0 Å². The van der Waals surface area contributed by atoms with Crippen LogP contribution in [0, 0.1) is 0 Å². The average molecular weight is 267 g/mol. The molecule has 0 radical (unpaired) electrons. The molecule has 0 aromatic heterocycles. The third-order valence-electron chi connectivity index (χ3n) is 3.86. The van der Waals surface area contributed by atoms with Gasteiger partial charge in [-0.3, -0.25) is 0 Å². The van der Waals surface area contributed by atoms with Gasteiger partial charge in [-0.2, -0.15) is 0 Å². The minimum absolute atomic E-state index is 0.176. The standard InChI is InChI=1S/C18H21NO/c1-12(2)20-18-9-4-3-6-16(18)13-7-5-8-15-14(13)10-11-17(15)19/h3-9,12,17H,10-11,19H2,1-2H3. The molecule has 2 aromatic rings. The van der Waals surface area contributed by atoms with Crippen LogP contribution in [-0.4, -0.2) is 6.10 Å². The molecule has 1 aliphatic rings. The van der Waals surface area contributed by atoms with Crippen LogP contribution in [-0.2, 0) is 6.42 Å². The maximum atomic E-state index is 6.18. The summed E-state index contributed by atoms with van der Waals surface area (Å²) in [4.78, 5) is 0. The number of nitrogens with two attached hydrogens (primary N) is 1. The third kappa shape index (κ3) is 2.32. The lowest BCUT2D eigenvalue weighted by atomic mass is 9.96. The summed E-state index contributed by atoms with van der Waals surface area (Å²) in [5, 5.41) is 0. The Morgan fingerprint density at radius 3 is 2.60 bits per heavy atom. The summed E-state index contributed by atoms with van der Waals surface area (Å²) < 4.78 is 5.96. The van der Waals surface area contributed by atoms with Crippen LogP contribution in [0.15, 0.2) is 42.5 Å². The molecule has 0 spiro atoms. The van der Waals surface area contributed by atoms with Crippen LogP contribution >= 0.6 is 0 Å². The summed E-state index contributed by atoms with van der Waals surface area (Å²) in [5.74, 6) is 0.955. The highest BCUT2D eigenvalue weighted by atomic mass is 16.5. The number of fused-ring (bicyclic) bond motifs is 1. The van der Waals surface area contributed by atoms with Crippen molar-refractivity contribution >= 4 is 0 Å². The molecule has 2 nitrogen and oxygen atoms in total. The van der Waals surface area contributed by atoms with Gasteiger partial charge in [-0.15, -0.1) is 0 Å². The Balaban J connectivity index is 2.11. The van der Waals surface area contributed by atoms with Crippen molar-refractivity contribution in [2.24, 2.45) is 5.73 Å². The zero-order valence-electron chi connectivity index (χ0n) is 12.1. The summed E-state index contributed by atoms with van der Waals surface area (Å²) in [6, 6.07) is 14.9. The van der Waals surface area contributed by atoms with Crippen molar-refractivity contribution in [3.05, 3.63) is 53.6 Å². The molecule has 0 heterocycles. The fourth-order valence-corrected chi connectivity index (χ4v) is 2.98. The first-order valence-corrected chi connectivity index (χ1v) is 7.30. The number of para-hydroxylation sites is 1. The van der Waals surface area contributed by atoms with E-state index in [0.29, 0.717) is 0 Å². The summed E-state index contributed by atoms with van der Waals surface area (Å²) in [5.41, 5.74) is 11.3. The zero-order chi connectivity index (χ0) is 14.1. The Labute approximate surface area is 120 Å². The molecule has 0 saturated heterocycles. The Hall–Kier alpha value is -1.80. The Morgan fingerprint density at radius 1 is 1.05 bits per heavy atom. The molecule has 0 saturated carbocycles. The molecular weight excluding hydrogens is 246 g/mol. The number of hydrogen-bond donors (Lipinski definition) is 1. The van der Waals surface area contributed by atoms with Crippen molar-refractivity contribution in [3.8, 4) is 16.9 Å². The molecule has 0 fully saturated rings. The quantitative estimate of drug-likeness (QED) is 0.909. The predicted molar refractivity (Wildman–Crippen MR) is 82.9 cm³/mol. The highest BCUT2D eigenvalue weighted by molar-refractivity contribution is 5.75. The molecule has 0 amide bonds. The fourth-order valence-electron chi connectivity index (χ4n) is 2.98. The van der Waals surface area contributed by atoms with Crippen molar-refractivity contribution in [1.82, 2.24) is 0 Å². The summed E-state index contributed by atoms with van der Waals surface area (Å²) in [7, 11) is 0. The first-order chi connectivity index (χ1) is 9.66. The van der Waals surface area contributed by atoms with E-state index in [1.54, 1.807) is 0 Å². The fraction of sp³-hybridized carbons (Fsp3) is 0.333. The normalized spacial score (nSPS) is 17.3. The van der Waals surface area contributed by atoms with Gasteiger partial charge in [0, 0.05) is 11.6 Å². The van der Waals surface area contributed by atoms with Crippen molar-refractivity contribution in [1.29, 1.82) is 0 Å². The van der Waals surface area contributed by atoms with Gasteiger partial charge in [-0.05, 0) is 49.4 Å². The topological polar surface area (TPSA) is 35.2 Å². The van der Waals surface area contributed by atoms with Gasteiger partial charge in [-0.1, -0.05) is 36.4 Å². The minimum atomic E-state index is 0.176. The maximum Gasteiger partial charge on any atom is 0.127 e. The number of rotatable bonds is 3. The van der Waals surface area contributed by atoms with E-state index in [0.717, 1.165) is 18.6 Å². The lowest BCUT2D eigenvalue weighted by molar-refractivity contribution is 0.243. The number of benzene rings is 2. The van der Waals surface area contributed by atoms with Gasteiger partial charge in [0.25, 0.3) is 0 Å². The SMILES string of the molecule is CC(C)Oc1ccccc1-c1cccc2c1CCC2N. The molecule has 0 aliphatic heterocycles. The minimum Gasteiger partial charge on any atom is -0.490 e. The molecule has 1 aliphatic carbocycles. The lowest BCUT2D eigenvalue weighted by Crippen LogP contribution is -2.07. The van der Waals surface area contributed by atoms with E-state index in [-0.39, 0.29) is 12.1 Å². The second-order valence-electron chi connectivity index (χ2n) is 5.68. The van der Waals surface area contributed by atoms with Crippen LogP contribution in [0.3, 0.4) is 0 Å². The third-order valence-corrected chi connectivity index (χ3v) is 3.86. The molecule has 2 aromatic carbocycles. The van der Waals surface area contributed by atoms with Crippen LogP contribution in [0.4, 0.5) is 0 Å². The monoisotopic (exact) mass is 267 g/mol. The lowest BCUT2D eigenvalue weighted by Gasteiger charge is -2.16. The van der Waals surface area contributed by atoms with Gasteiger partial charge < -0.3 is 10.5 Å². The van der Waals surface area contributed by atoms with Crippen molar-refractivity contribution in [3.63, 3.8) is 0 Å². The maximum absolute atomic E-state index is 6.18. The van der Waals surface area contributed by atoms with E-state index in [2.05, 4.69) is 44.2 Å². The van der Waals surface area contributed by atoms with Gasteiger partial charge in [0.2, 0.25) is 0 Å². The van der Waals surface area contributed by atoms with Crippen LogP contribution in [0.25, 0.3) is 11.1 Å². The van der Waals surface area contributed by atoms with Gasteiger partial charge in [-0.25, -0.2) is 0 Å². The largest absolute Gasteiger partial charge is 0.490 e. The van der Waals surface area contributed by atoms with Crippen molar-refractivity contribution in [2.45, 2.75) is 38.8 Å². The predicted octanol–water partition coefficient (Wildman–Crippen LogP) is 4.09. The van der Waals surface area contributed by atoms with E-state index >= 15 is 0 Å². The Kier molecular flexibility index (Phi) is 3.49. The smallest absolute Gasteiger partial charge is 0.127 e. The van der Waals surface area contributed by atoms with Crippen molar-refractivity contribution in [2.75, 3.05) is 0 Å². The molecule has 20 heavy (non-hydrogen) atoms. The zero-order valence-corrected chi connectivity index (χ0v) is 12.1. The molecule has 2 N–H and O–H groups in total. The van der Waals surface area contributed by atoms with Gasteiger partial charge in [0.05, 0.1) is 6.10 Å². The van der Waals surface area contributed by atoms with Crippen LogP contribution in [0.5, 0.6) is 5.75 Å². The molecule has 1 atom stereocenters. The van der Waals surface area contributed by atoms with Crippen LogP contribution < -0.4 is 10.5 Å². The second kappa shape index (κ2) is 5.29.